The van der Waals surface area contributed by atoms with Crippen molar-refractivity contribution in [3.05, 3.63) is 16.9 Å². The summed E-state index contributed by atoms with van der Waals surface area (Å²) in [4.78, 5) is 12.2. The maximum atomic E-state index is 12.2. The Labute approximate surface area is 127 Å². The van der Waals surface area contributed by atoms with Crippen LogP contribution in [0.2, 0.25) is 0 Å². The number of rotatable bonds is 3. The van der Waals surface area contributed by atoms with Crippen molar-refractivity contribution in [1.82, 2.24) is 15.1 Å². The maximum Gasteiger partial charge on any atom is 0.241 e. The smallest absolute Gasteiger partial charge is 0.241 e. The van der Waals surface area contributed by atoms with E-state index in [9.17, 15) is 4.79 Å². The van der Waals surface area contributed by atoms with E-state index in [4.69, 9.17) is 0 Å². The molecular formula is C15H20BrN3O. The van der Waals surface area contributed by atoms with Crippen molar-refractivity contribution in [3.8, 4) is 0 Å². The summed E-state index contributed by atoms with van der Waals surface area (Å²) in [5.74, 6) is 3.48. The van der Waals surface area contributed by atoms with E-state index in [-0.39, 0.29) is 5.91 Å². The van der Waals surface area contributed by atoms with Gasteiger partial charge in [0.15, 0.2) is 0 Å². The summed E-state index contributed by atoms with van der Waals surface area (Å²) in [7, 11) is 0. The average molecular weight is 338 g/mol. The maximum absolute atomic E-state index is 12.2. The number of nitrogens with one attached hydrogen (secondary N) is 1. The topological polar surface area (TPSA) is 46.9 Å². The average Bonchev–Trinajstić information content (AvgIpc) is 2.78. The number of hydrogen-bond donors (Lipinski definition) is 1. The van der Waals surface area contributed by atoms with Crippen molar-refractivity contribution in [2.24, 2.45) is 23.7 Å². The minimum absolute atomic E-state index is 0.109. The Bertz CT molecular complexity index is 499. The van der Waals surface area contributed by atoms with E-state index >= 15 is 0 Å². The molecule has 4 aliphatic rings. The van der Waals surface area contributed by atoms with Crippen LogP contribution >= 0.6 is 15.9 Å². The molecule has 4 saturated carbocycles. The van der Waals surface area contributed by atoms with Gasteiger partial charge in [-0.3, -0.25) is 9.48 Å². The number of nitrogens with zero attached hydrogens (tertiary/aromatic N) is 2. The third-order valence-electron chi connectivity index (χ3n) is 5.46. The summed E-state index contributed by atoms with van der Waals surface area (Å²) in [6, 6.07) is 0.425. The van der Waals surface area contributed by atoms with Crippen LogP contribution in [0.25, 0.3) is 0 Å². The molecule has 0 unspecified atom stereocenters. The van der Waals surface area contributed by atoms with Crippen LogP contribution in [0.1, 0.15) is 32.1 Å². The van der Waals surface area contributed by atoms with Crippen LogP contribution in [0.5, 0.6) is 0 Å². The molecule has 0 spiro atoms. The molecule has 0 atom stereocenters. The Balaban J connectivity index is 1.40. The molecule has 0 aromatic carbocycles. The van der Waals surface area contributed by atoms with Gasteiger partial charge in [-0.05, 0) is 71.7 Å². The van der Waals surface area contributed by atoms with Gasteiger partial charge in [0, 0.05) is 12.2 Å². The van der Waals surface area contributed by atoms with Gasteiger partial charge in [0.25, 0.3) is 0 Å². The minimum atomic E-state index is 0.109. The zero-order valence-electron chi connectivity index (χ0n) is 11.5. The van der Waals surface area contributed by atoms with Crippen molar-refractivity contribution in [1.29, 1.82) is 0 Å². The van der Waals surface area contributed by atoms with E-state index in [1.807, 2.05) is 6.20 Å². The largest absolute Gasteiger partial charge is 0.351 e. The standard InChI is InChI=1S/C15H20BrN3O/c16-13-6-17-19(7-13)8-14(20)18-15-11-2-9-1-10(4-11)5-12(15)3-9/h6-7,9-12,15H,1-5,8H2,(H,18,20). The van der Waals surface area contributed by atoms with Crippen LogP contribution in [0, 0.1) is 23.7 Å². The zero-order chi connectivity index (χ0) is 13.7. The summed E-state index contributed by atoms with van der Waals surface area (Å²) in [6.07, 6.45) is 10.4. The highest BCUT2D eigenvalue weighted by Gasteiger charge is 2.48. The lowest BCUT2D eigenvalue weighted by Crippen LogP contribution is -2.56. The van der Waals surface area contributed by atoms with Crippen molar-refractivity contribution < 1.29 is 4.79 Å². The van der Waals surface area contributed by atoms with Crippen LogP contribution in [-0.2, 0) is 11.3 Å². The van der Waals surface area contributed by atoms with E-state index in [2.05, 4.69) is 26.3 Å². The fraction of sp³-hybridized carbons (Fsp3) is 0.733. The number of halogens is 1. The van der Waals surface area contributed by atoms with E-state index < -0.39 is 0 Å². The van der Waals surface area contributed by atoms with Gasteiger partial charge in [0.1, 0.15) is 6.54 Å². The van der Waals surface area contributed by atoms with Gasteiger partial charge in [0.05, 0.1) is 10.7 Å². The molecule has 1 aromatic heterocycles. The molecular weight excluding hydrogens is 318 g/mol. The molecule has 1 heterocycles. The molecule has 5 rings (SSSR count). The molecule has 20 heavy (non-hydrogen) atoms. The van der Waals surface area contributed by atoms with Crippen molar-refractivity contribution in [2.45, 2.75) is 44.7 Å². The van der Waals surface area contributed by atoms with Gasteiger partial charge in [-0.15, -0.1) is 0 Å². The Hall–Kier alpha value is -0.840. The minimum Gasteiger partial charge on any atom is -0.351 e. The molecule has 1 N–H and O–H groups in total. The quantitative estimate of drug-likeness (QED) is 0.921. The van der Waals surface area contributed by atoms with Crippen molar-refractivity contribution >= 4 is 21.8 Å². The van der Waals surface area contributed by atoms with Crippen LogP contribution in [0.15, 0.2) is 16.9 Å². The predicted molar refractivity (Wildman–Crippen MR) is 78.9 cm³/mol. The van der Waals surface area contributed by atoms with Crippen molar-refractivity contribution in [2.75, 3.05) is 0 Å². The highest BCUT2D eigenvalue weighted by Crippen LogP contribution is 2.53. The summed E-state index contributed by atoms with van der Waals surface area (Å²) in [6.45, 7) is 0.328. The first-order valence-electron chi connectivity index (χ1n) is 7.64. The lowest BCUT2D eigenvalue weighted by molar-refractivity contribution is -0.125. The van der Waals surface area contributed by atoms with E-state index in [0.29, 0.717) is 12.6 Å². The normalized spacial score (nSPS) is 38.1. The van der Waals surface area contributed by atoms with Gasteiger partial charge in [-0.25, -0.2) is 0 Å². The summed E-state index contributed by atoms with van der Waals surface area (Å²) < 4.78 is 2.61. The van der Waals surface area contributed by atoms with E-state index in [1.165, 1.54) is 32.1 Å². The number of amides is 1. The molecule has 1 amide bonds. The zero-order valence-corrected chi connectivity index (χ0v) is 13.1. The molecule has 108 valence electrons. The molecule has 1 aromatic rings. The third-order valence-corrected chi connectivity index (χ3v) is 5.87. The Morgan fingerprint density at radius 2 is 1.90 bits per heavy atom. The molecule has 4 fully saturated rings. The Morgan fingerprint density at radius 3 is 2.45 bits per heavy atom. The monoisotopic (exact) mass is 337 g/mol. The molecule has 4 nitrogen and oxygen atoms in total. The first-order valence-corrected chi connectivity index (χ1v) is 8.44. The number of aromatic nitrogens is 2. The van der Waals surface area contributed by atoms with Gasteiger partial charge < -0.3 is 5.32 Å². The molecule has 4 aliphatic carbocycles. The number of hydrogen-bond acceptors (Lipinski definition) is 2. The summed E-state index contributed by atoms with van der Waals surface area (Å²) >= 11 is 3.36. The van der Waals surface area contributed by atoms with Gasteiger partial charge >= 0.3 is 0 Å². The number of carbonyl (C=O) groups excluding carboxylic acids is 1. The van der Waals surface area contributed by atoms with Crippen LogP contribution in [-0.4, -0.2) is 21.7 Å². The molecule has 5 heteroatoms. The van der Waals surface area contributed by atoms with E-state index in [1.54, 1.807) is 10.9 Å². The fourth-order valence-electron chi connectivity index (χ4n) is 4.96. The van der Waals surface area contributed by atoms with Crippen LogP contribution in [0.3, 0.4) is 0 Å². The van der Waals surface area contributed by atoms with Crippen LogP contribution < -0.4 is 5.32 Å². The summed E-state index contributed by atoms with van der Waals surface area (Å²) in [5.41, 5.74) is 0. The van der Waals surface area contributed by atoms with E-state index in [0.717, 1.165) is 28.1 Å². The summed E-state index contributed by atoms with van der Waals surface area (Å²) in [5, 5.41) is 7.45. The highest BCUT2D eigenvalue weighted by atomic mass is 79.9. The molecule has 4 bridgehead atoms. The Morgan fingerprint density at radius 1 is 1.25 bits per heavy atom. The lowest BCUT2D eigenvalue weighted by atomic mass is 9.54. The highest BCUT2D eigenvalue weighted by molar-refractivity contribution is 9.10. The number of carbonyl (C=O) groups is 1. The molecule has 0 radical (unpaired) electrons. The first-order chi connectivity index (χ1) is 9.67. The predicted octanol–water partition coefficient (Wildman–Crippen LogP) is 2.59. The Kier molecular flexibility index (Phi) is 3.13. The second-order valence-corrected chi connectivity index (χ2v) is 7.80. The van der Waals surface area contributed by atoms with Gasteiger partial charge in [-0.2, -0.15) is 5.10 Å². The SMILES string of the molecule is O=C(Cn1cc(Br)cn1)NC1C2CC3CC(C2)CC1C3. The second kappa shape index (κ2) is 4.86. The lowest BCUT2D eigenvalue weighted by Gasteiger charge is -2.54. The first kappa shape index (κ1) is 12.9. The third kappa shape index (κ3) is 2.30. The van der Waals surface area contributed by atoms with Gasteiger partial charge in [-0.1, -0.05) is 0 Å². The van der Waals surface area contributed by atoms with Gasteiger partial charge in [0.2, 0.25) is 5.91 Å². The van der Waals surface area contributed by atoms with Crippen molar-refractivity contribution in [3.63, 3.8) is 0 Å². The fourth-order valence-corrected chi connectivity index (χ4v) is 5.29. The van der Waals surface area contributed by atoms with Crippen LogP contribution in [0.4, 0.5) is 0 Å². The second-order valence-electron chi connectivity index (χ2n) is 6.88. The molecule has 0 saturated heterocycles. The molecule has 0 aliphatic heterocycles.